The van der Waals surface area contributed by atoms with Gasteiger partial charge in [-0.2, -0.15) is 0 Å². The van der Waals surface area contributed by atoms with Crippen molar-refractivity contribution in [3.8, 4) is 0 Å². The summed E-state index contributed by atoms with van der Waals surface area (Å²) in [6, 6.07) is 12.8. The molecule has 1 N–H and O–H groups in total. The molecular formula is C16H14N2O2. The van der Waals surface area contributed by atoms with E-state index in [0.717, 1.165) is 23.6 Å². The lowest BCUT2D eigenvalue weighted by atomic mass is 10.1. The molecule has 0 spiro atoms. The molecule has 1 aliphatic carbocycles. The first kappa shape index (κ1) is 11.5. The molecule has 4 rings (SSSR count). The largest absolute Gasteiger partial charge is 0.329 e. The average molecular weight is 266 g/mol. The van der Waals surface area contributed by atoms with Gasteiger partial charge in [-0.25, -0.2) is 9.69 Å². The molecule has 2 fully saturated rings. The van der Waals surface area contributed by atoms with Crippen molar-refractivity contribution in [1.29, 1.82) is 0 Å². The van der Waals surface area contributed by atoms with E-state index in [1.165, 1.54) is 4.90 Å². The summed E-state index contributed by atoms with van der Waals surface area (Å²) in [6.07, 6.45) is 2.06. The molecule has 0 aromatic heterocycles. The zero-order chi connectivity index (χ0) is 13.7. The van der Waals surface area contributed by atoms with E-state index in [1.807, 2.05) is 42.5 Å². The van der Waals surface area contributed by atoms with Crippen molar-refractivity contribution in [2.75, 3.05) is 4.90 Å². The lowest BCUT2D eigenvalue weighted by Gasteiger charge is -2.15. The second-order valence-corrected chi connectivity index (χ2v) is 5.44. The van der Waals surface area contributed by atoms with Crippen LogP contribution < -0.4 is 10.2 Å². The van der Waals surface area contributed by atoms with Crippen molar-refractivity contribution in [3.05, 3.63) is 42.5 Å². The second kappa shape index (κ2) is 4.07. The minimum atomic E-state index is -0.332. The van der Waals surface area contributed by atoms with Crippen molar-refractivity contribution in [2.45, 2.75) is 18.9 Å². The maximum Gasteiger partial charge on any atom is 0.329 e. The van der Waals surface area contributed by atoms with Crippen molar-refractivity contribution in [3.63, 3.8) is 0 Å². The Morgan fingerprint density at radius 3 is 2.55 bits per heavy atom. The number of hydrogen-bond acceptors (Lipinski definition) is 2. The van der Waals surface area contributed by atoms with E-state index in [1.54, 1.807) is 0 Å². The Morgan fingerprint density at radius 1 is 1.00 bits per heavy atom. The number of anilines is 1. The summed E-state index contributed by atoms with van der Waals surface area (Å²) in [5.41, 5.74) is 0.675. The van der Waals surface area contributed by atoms with Gasteiger partial charge in [0.05, 0.1) is 5.69 Å². The molecule has 2 aromatic carbocycles. The first-order chi connectivity index (χ1) is 9.75. The average Bonchev–Trinajstić information content (AvgIpc) is 3.25. The maximum absolute atomic E-state index is 12.5. The van der Waals surface area contributed by atoms with Crippen LogP contribution in [-0.2, 0) is 4.79 Å². The van der Waals surface area contributed by atoms with Crippen LogP contribution in [0.3, 0.4) is 0 Å². The van der Waals surface area contributed by atoms with Gasteiger partial charge in [0.1, 0.15) is 6.04 Å². The molecule has 20 heavy (non-hydrogen) atoms. The standard InChI is InChI=1S/C16H14N2O2/c19-15-14(11-8-9-11)17-16(20)18(15)13-7-3-5-10-4-1-2-6-12(10)13/h1-7,11,14H,8-9H2,(H,17,20). The Hall–Kier alpha value is -2.36. The normalized spacial score (nSPS) is 22.4. The molecule has 100 valence electrons. The summed E-state index contributed by atoms with van der Waals surface area (Å²) in [4.78, 5) is 25.9. The number of rotatable bonds is 2. The Labute approximate surface area is 116 Å². The number of nitrogens with one attached hydrogen (secondary N) is 1. The Bertz CT molecular complexity index is 716. The summed E-state index contributed by atoms with van der Waals surface area (Å²) in [5, 5.41) is 4.77. The van der Waals surface area contributed by atoms with Crippen LogP contribution in [0.25, 0.3) is 10.8 Å². The van der Waals surface area contributed by atoms with Crippen molar-refractivity contribution in [1.82, 2.24) is 5.32 Å². The molecule has 0 radical (unpaired) electrons. The minimum absolute atomic E-state index is 0.117. The van der Waals surface area contributed by atoms with Gasteiger partial charge in [0.15, 0.2) is 0 Å². The van der Waals surface area contributed by atoms with E-state index in [2.05, 4.69) is 5.32 Å². The number of hydrogen-bond donors (Lipinski definition) is 1. The Morgan fingerprint density at radius 2 is 1.75 bits per heavy atom. The van der Waals surface area contributed by atoms with Gasteiger partial charge < -0.3 is 5.32 Å². The van der Waals surface area contributed by atoms with Crippen LogP contribution in [0.5, 0.6) is 0 Å². The van der Waals surface area contributed by atoms with Crippen molar-refractivity contribution in [2.24, 2.45) is 5.92 Å². The predicted molar refractivity (Wildman–Crippen MR) is 76.5 cm³/mol. The number of carbonyl (C=O) groups excluding carboxylic acids is 2. The second-order valence-electron chi connectivity index (χ2n) is 5.44. The number of amides is 3. The highest BCUT2D eigenvalue weighted by Crippen LogP contribution is 2.37. The SMILES string of the molecule is O=C1NC(C2CC2)C(=O)N1c1cccc2ccccc12. The number of nitrogens with zero attached hydrogens (tertiary/aromatic N) is 1. The first-order valence-electron chi connectivity index (χ1n) is 6.88. The number of imide groups is 1. The third-order valence-corrected chi connectivity index (χ3v) is 4.07. The maximum atomic E-state index is 12.5. The summed E-state index contributed by atoms with van der Waals surface area (Å²) in [5.74, 6) is 0.209. The van der Waals surface area contributed by atoms with Gasteiger partial charge in [-0.05, 0) is 30.2 Å². The number of carbonyl (C=O) groups is 2. The lowest BCUT2D eigenvalue weighted by molar-refractivity contribution is -0.118. The fourth-order valence-electron chi connectivity index (χ4n) is 2.88. The van der Waals surface area contributed by atoms with E-state index >= 15 is 0 Å². The van der Waals surface area contributed by atoms with E-state index in [0.29, 0.717) is 11.6 Å². The van der Waals surface area contributed by atoms with Crippen LogP contribution >= 0.6 is 0 Å². The van der Waals surface area contributed by atoms with Gasteiger partial charge in [-0.1, -0.05) is 36.4 Å². The molecule has 0 bridgehead atoms. The zero-order valence-corrected chi connectivity index (χ0v) is 10.9. The fourth-order valence-corrected chi connectivity index (χ4v) is 2.88. The summed E-state index contributed by atoms with van der Waals surface area (Å²) in [6.45, 7) is 0. The molecule has 4 nitrogen and oxygen atoms in total. The van der Waals surface area contributed by atoms with Crippen LogP contribution in [0, 0.1) is 5.92 Å². The lowest BCUT2D eigenvalue weighted by Crippen LogP contribution is -2.32. The third-order valence-electron chi connectivity index (χ3n) is 4.07. The van der Waals surface area contributed by atoms with Crippen LogP contribution in [0.1, 0.15) is 12.8 Å². The van der Waals surface area contributed by atoms with Gasteiger partial charge >= 0.3 is 6.03 Å². The van der Waals surface area contributed by atoms with E-state index in [-0.39, 0.29) is 18.0 Å². The van der Waals surface area contributed by atoms with Crippen LogP contribution in [0.15, 0.2) is 42.5 Å². The smallest absolute Gasteiger partial charge is 0.325 e. The van der Waals surface area contributed by atoms with E-state index < -0.39 is 0 Å². The molecule has 2 aliphatic rings. The molecule has 2 aromatic rings. The van der Waals surface area contributed by atoms with Gasteiger partial charge in [0.25, 0.3) is 5.91 Å². The van der Waals surface area contributed by atoms with Crippen LogP contribution in [0.2, 0.25) is 0 Å². The first-order valence-corrected chi connectivity index (χ1v) is 6.88. The van der Waals surface area contributed by atoms with Crippen LogP contribution in [-0.4, -0.2) is 18.0 Å². The molecule has 1 unspecified atom stereocenters. The van der Waals surface area contributed by atoms with Gasteiger partial charge in [0.2, 0.25) is 0 Å². The third kappa shape index (κ3) is 1.61. The van der Waals surface area contributed by atoms with E-state index in [4.69, 9.17) is 0 Å². The van der Waals surface area contributed by atoms with Gasteiger partial charge in [-0.3, -0.25) is 4.79 Å². The molecule has 1 saturated carbocycles. The summed E-state index contributed by atoms with van der Waals surface area (Å²) in [7, 11) is 0. The quantitative estimate of drug-likeness (QED) is 0.850. The Balaban J connectivity index is 1.82. The predicted octanol–water partition coefficient (Wildman–Crippen LogP) is 2.67. The molecule has 3 amide bonds. The number of urea groups is 1. The molecular weight excluding hydrogens is 252 g/mol. The fraction of sp³-hybridized carbons (Fsp3) is 0.250. The van der Waals surface area contributed by atoms with Crippen molar-refractivity contribution >= 4 is 28.4 Å². The van der Waals surface area contributed by atoms with E-state index in [9.17, 15) is 9.59 Å². The Kier molecular flexibility index (Phi) is 2.33. The van der Waals surface area contributed by atoms with Crippen LogP contribution in [0.4, 0.5) is 10.5 Å². The highest BCUT2D eigenvalue weighted by Gasteiger charge is 2.47. The highest BCUT2D eigenvalue weighted by molar-refractivity contribution is 6.24. The molecule has 4 heteroatoms. The van der Waals surface area contributed by atoms with Gasteiger partial charge in [-0.15, -0.1) is 0 Å². The molecule has 1 saturated heterocycles. The summed E-state index contributed by atoms with van der Waals surface area (Å²) < 4.78 is 0. The highest BCUT2D eigenvalue weighted by atomic mass is 16.2. The topological polar surface area (TPSA) is 49.4 Å². The minimum Gasteiger partial charge on any atom is -0.325 e. The van der Waals surface area contributed by atoms with Gasteiger partial charge in [0, 0.05) is 5.39 Å². The zero-order valence-electron chi connectivity index (χ0n) is 10.9. The van der Waals surface area contributed by atoms with Crippen molar-refractivity contribution < 1.29 is 9.59 Å². The molecule has 1 atom stereocenters. The summed E-state index contributed by atoms with van der Waals surface area (Å²) >= 11 is 0. The molecule has 1 heterocycles. The number of fused-ring (bicyclic) bond motifs is 1. The number of benzene rings is 2. The monoisotopic (exact) mass is 266 g/mol. The molecule has 1 aliphatic heterocycles.